The number of ether oxygens (including phenoxy) is 2. The maximum Gasteiger partial charge on any atom is 0.247 e. The molecule has 1 aliphatic heterocycles. The summed E-state index contributed by atoms with van der Waals surface area (Å²) in [6.07, 6.45) is 0. The highest BCUT2D eigenvalue weighted by Gasteiger charge is 2.30. The summed E-state index contributed by atoms with van der Waals surface area (Å²) in [5.41, 5.74) is 0.977. The van der Waals surface area contributed by atoms with E-state index in [4.69, 9.17) is 21.1 Å². The second-order valence-corrected chi connectivity index (χ2v) is 9.55. The molecule has 8 nitrogen and oxygen atoms in total. The molecule has 0 bridgehead atoms. The van der Waals surface area contributed by atoms with Crippen LogP contribution < -0.4 is 14.4 Å². The van der Waals surface area contributed by atoms with Crippen molar-refractivity contribution in [2.75, 3.05) is 58.9 Å². The van der Waals surface area contributed by atoms with Crippen molar-refractivity contribution in [2.24, 2.45) is 0 Å². The molecule has 2 aromatic carbocycles. The van der Waals surface area contributed by atoms with Crippen LogP contribution in [0.15, 0.2) is 47.4 Å². The van der Waals surface area contributed by atoms with Gasteiger partial charge in [0.25, 0.3) is 0 Å². The summed E-state index contributed by atoms with van der Waals surface area (Å²) in [4.78, 5) is 16.5. The molecule has 0 aromatic heterocycles. The van der Waals surface area contributed by atoms with Gasteiger partial charge in [-0.2, -0.15) is 4.31 Å². The molecule has 1 saturated heterocycles. The minimum Gasteiger partial charge on any atom is -0.495 e. The molecule has 2 aromatic rings. The molecular formula is C21H26ClN3O5S. The number of carbonyl (C=O) groups is 1. The Morgan fingerprint density at radius 2 is 1.68 bits per heavy atom. The van der Waals surface area contributed by atoms with Crippen LogP contribution in [0.3, 0.4) is 0 Å². The van der Waals surface area contributed by atoms with Crippen molar-refractivity contribution in [3.05, 3.63) is 47.5 Å². The first-order valence-electron chi connectivity index (χ1n) is 9.73. The third-order valence-corrected chi connectivity index (χ3v) is 7.29. The van der Waals surface area contributed by atoms with Gasteiger partial charge in [-0.15, -0.1) is 0 Å². The van der Waals surface area contributed by atoms with Crippen molar-refractivity contribution >= 4 is 33.2 Å². The zero-order chi connectivity index (χ0) is 22.6. The number of methoxy groups -OCH3 is 2. The second-order valence-electron chi connectivity index (χ2n) is 7.10. The monoisotopic (exact) mass is 467 g/mol. The summed E-state index contributed by atoms with van der Waals surface area (Å²) in [7, 11) is 0.435. The smallest absolute Gasteiger partial charge is 0.247 e. The zero-order valence-corrected chi connectivity index (χ0v) is 19.3. The number of halogens is 1. The van der Waals surface area contributed by atoms with E-state index in [9.17, 15) is 13.2 Å². The molecule has 1 amide bonds. The van der Waals surface area contributed by atoms with Crippen molar-refractivity contribution < 1.29 is 22.7 Å². The van der Waals surface area contributed by atoms with Crippen LogP contribution in [0.1, 0.15) is 0 Å². The van der Waals surface area contributed by atoms with Gasteiger partial charge in [-0.05, 0) is 30.3 Å². The molecule has 1 heterocycles. The molecule has 168 valence electrons. The van der Waals surface area contributed by atoms with Crippen LogP contribution in [0, 0.1) is 0 Å². The molecule has 3 rings (SSSR count). The summed E-state index contributed by atoms with van der Waals surface area (Å²) in [5.74, 6) is 0.699. The molecule has 0 aliphatic carbocycles. The first-order chi connectivity index (χ1) is 14.8. The number of para-hydroxylation sites is 2. The van der Waals surface area contributed by atoms with Gasteiger partial charge in [0.15, 0.2) is 0 Å². The van der Waals surface area contributed by atoms with Gasteiger partial charge in [-0.25, -0.2) is 8.42 Å². The van der Waals surface area contributed by atoms with E-state index >= 15 is 0 Å². The highest BCUT2D eigenvalue weighted by Crippen LogP contribution is 2.30. The number of sulfonamides is 1. The molecule has 0 saturated carbocycles. The SMILES string of the molecule is COc1ccccc1N1CCN(C(=O)CN(C)S(=O)(=O)c2cc(Cl)ccc2OC)CC1. The van der Waals surface area contributed by atoms with Crippen molar-refractivity contribution in [2.45, 2.75) is 4.90 Å². The predicted molar refractivity (Wildman–Crippen MR) is 120 cm³/mol. The molecule has 31 heavy (non-hydrogen) atoms. The standard InChI is InChI=1S/C21H26ClN3O5S/c1-23(31(27,28)20-14-16(22)8-9-19(20)30-3)15-21(26)25-12-10-24(11-13-25)17-6-4-5-7-18(17)29-2/h4-9,14H,10-13,15H2,1-3H3. The summed E-state index contributed by atoms with van der Waals surface area (Å²) in [5, 5.41) is 0.270. The third-order valence-electron chi connectivity index (χ3n) is 5.23. The average Bonchev–Trinajstić information content (AvgIpc) is 2.79. The van der Waals surface area contributed by atoms with E-state index in [1.807, 2.05) is 24.3 Å². The van der Waals surface area contributed by atoms with Crippen molar-refractivity contribution in [3.8, 4) is 11.5 Å². The Morgan fingerprint density at radius 1 is 1.03 bits per heavy atom. The van der Waals surface area contributed by atoms with Crippen LogP contribution in [0.2, 0.25) is 5.02 Å². The number of rotatable bonds is 7. The van der Waals surface area contributed by atoms with Gasteiger partial charge in [-0.3, -0.25) is 4.79 Å². The van der Waals surface area contributed by atoms with E-state index < -0.39 is 10.0 Å². The molecule has 10 heteroatoms. The van der Waals surface area contributed by atoms with E-state index in [-0.39, 0.29) is 28.1 Å². The largest absolute Gasteiger partial charge is 0.495 e. The number of hydrogen-bond acceptors (Lipinski definition) is 6. The number of amides is 1. The van der Waals surface area contributed by atoms with E-state index in [1.54, 1.807) is 18.1 Å². The minimum atomic E-state index is -3.95. The lowest BCUT2D eigenvalue weighted by Gasteiger charge is -2.37. The minimum absolute atomic E-state index is 0.0706. The van der Waals surface area contributed by atoms with Crippen LogP contribution in [-0.2, 0) is 14.8 Å². The maximum atomic E-state index is 13.0. The third kappa shape index (κ3) is 5.06. The molecular weight excluding hydrogens is 442 g/mol. The Kier molecular flexibility index (Phi) is 7.30. The average molecular weight is 468 g/mol. The van der Waals surface area contributed by atoms with Crippen LogP contribution in [0.4, 0.5) is 5.69 Å². The fourth-order valence-electron chi connectivity index (χ4n) is 3.48. The van der Waals surface area contributed by atoms with Gasteiger partial charge < -0.3 is 19.3 Å². The van der Waals surface area contributed by atoms with Gasteiger partial charge in [0.05, 0.1) is 26.5 Å². The summed E-state index contributed by atoms with van der Waals surface area (Å²) in [6, 6.07) is 12.1. The van der Waals surface area contributed by atoms with Crippen LogP contribution in [0.5, 0.6) is 11.5 Å². The first kappa shape index (κ1) is 23.2. The van der Waals surface area contributed by atoms with E-state index in [1.165, 1.54) is 26.3 Å². The molecule has 0 unspecified atom stereocenters. The van der Waals surface area contributed by atoms with Gasteiger partial charge in [0, 0.05) is 38.2 Å². The lowest BCUT2D eigenvalue weighted by Crippen LogP contribution is -2.51. The number of likely N-dealkylation sites (N-methyl/N-ethyl adjacent to an activating group) is 1. The van der Waals surface area contributed by atoms with E-state index in [0.29, 0.717) is 26.2 Å². The molecule has 1 fully saturated rings. The van der Waals surface area contributed by atoms with Crippen molar-refractivity contribution in [1.29, 1.82) is 0 Å². The Hall–Kier alpha value is -2.49. The highest BCUT2D eigenvalue weighted by molar-refractivity contribution is 7.89. The van der Waals surface area contributed by atoms with Gasteiger partial charge in [-0.1, -0.05) is 23.7 Å². The van der Waals surface area contributed by atoms with Gasteiger partial charge >= 0.3 is 0 Å². The van der Waals surface area contributed by atoms with Gasteiger partial charge in [0.2, 0.25) is 15.9 Å². The highest BCUT2D eigenvalue weighted by atomic mass is 35.5. The fourth-order valence-corrected chi connectivity index (χ4v) is 5.02. The Morgan fingerprint density at radius 3 is 2.32 bits per heavy atom. The van der Waals surface area contributed by atoms with Gasteiger partial charge in [0.1, 0.15) is 16.4 Å². The topological polar surface area (TPSA) is 79.4 Å². The van der Waals surface area contributed by atoms with Crippen LogP contribution in [0.25, 0.3) is 0 Å². The van der Waals surface area contributed by atoms with Crippen molar-refractivity contribution in [1.82, 2.24) is 9.21 Å². The predicted octanol–water partition coefficient (Wildman–Crippen LogP) is 2.33. The lowest BCUT2D eigenvalue weighted by atomic mass is 10.2. The quantitative estimate of drug-likeness (QED) is 0.621. The summed E-state index contributed by atoms with van der Waals surface area (Å²) in [6.45, 7) is 1.97. The molecule has 0 N–H and O–H groups in total. The first-order valence-corrected chi connectivity index (χ1v) is 11.6. The Bertz CT molecular complexity index is 1040. The zero-order valence-electron chi connectivity index (χ0n) is 17.7. The second kappa shape index (κ2) is 9.76. The summed E-state index contributed by atoms with van der Waals surface area (Å²) >= 11 is 5.97. The molecule has 0 atom stereocenters. The number of nitrogens with zero attached hydrogens (tertiary/aromatic N) is 3. The normalized spacial score (nSPS) is 14.6. The number of hydrogen-bond donors (Lipinski definition) is 0. The lowest BCUT2D eigenvalue weighted by molar-refractivity contribution is -0.131. The number of piperazine rings is 1. The van der Waals surface area contributed by atoms with Crippen LogP contribution in [-0.4, -0.2) is 77.5 Å². The number of anilines is 1. The van der Waals surface area contributed by atoms with Crippen LogP contribution >= 0.6 is 11.6 Å². The molecule has 0 spiro atoms. The molecule has 1 aliphatic rings. The maximum absolute atomic E-state index is 13.0. The van der Waals surface area contributed by atoms with E-state index in [0.717, 1.165) is 15.7 Å². The number of benzene rings is 2. The summed E-state index contributed by atoms with van der Waals surface area (Å²) < 4.78 is 37.6. The fraction of sp³-hybridized carbons (Fsp3) is 0.381. The Labute approximate surface area is 187 Å². The molecule has 0 radical (unpaired) electrons. The Balaban J connectivity index is 1.65. The van der Waals surface area contributed by atoms with E-state index in [2.05, 4.69) is 4.90 Å². The number of carbonyl (C=O) groups excluding carboxylic acids is 1. The van der Waals surface area contributed by atoms with Crippen molar-refractivity contribution in [3.63, 3.8) is 0 Å².